The van der Waals surface area contributed by atoms with E-state index in [1.807, 2.05) is 17.8 Å². The van der Waals surface area contributed by atoms with Gasteiger partial charge in [0.1, 0.15) is 5.82 Å². The Morgan fingerprint density at radius 3 is 2.69 bits per heavy atom. The average Bonchev–Trinajstić information content (AvgIpc) is 2.30. The highest BCUT2D eigenvalue weighted by Crippen LogP contribution is 2.28. The Balaban J connectivity index is 1.87. The standard InChI is InChI=1S/C12H17FN2S/c1-16-10-7-5-9(6-8-10)14-12-4-2-3-11(13)15-12/h2-4,9-10H,5-8H2,1H3,(H,14,15). The second kappa shape index (κ2) is 5.53. The third-order valence-corrected chi connectivity index (χ3v) is 4.21. The van der Waals surface area contributed by atoms with Gasteiger partial charge in [-0.2, -0.15) is 16.2 Å². The molecule has 0 spiro atoms. The Labute approximate surface area is 100 Å². The van der Waals surface area contributed by atoms with Crippen molar-refractivity contribution in [3.8, 4) is 0 Å². The summed E-state index contributed by atoms with van der Waals surface area (Å²) in [6.07, 6.45) is 6.97. The number of anilines is 1. The van der Waals surface area contributed by atoms with Crippen molar-refractivity contribution in [3.63, 3.8) is 0 Å². The molecule has 0 radical (unpaired) electrons. The first kappa shape index (κ1) is 11.7. The summed E-state index contributed by atoms with van der Waals surface area (Å²) in [5.74, 6) is 0.246. The zero-order valence-electron chi connectivity index (χ0n) is 9.45. The molecule has 88 valence electrons. The number of aromatic nitrogens is 1. The number of nitrogens with one attached hydrogen (secondary N) is 1. The summed E-state index contributed by atoms with van der Waals surface area (Å²) in [7, 11) is 0. The molecule has 0 atom stereocenters. The number of hydrogen-bond donors (Lipinski definition) is 1. The molecule has 0 aliphatic heterocycles. The van der Waals surface area contributed by atoms with Crippen molar-refractivity contribution in [2.75, 3.05) is 11.6 Å². The molecule has 0 aromatic carbocycles. The van der Waals surface area contributed by atoms with Crippen LogP contribution in [0.5, 0.6) is 0 Å². The fourth-order valence-corrected chi connectivity index (χ4v) is 2.88. The third-order valence-electron chi connectivity index (χ3n) is 3.07. The lowest BCUT2D eigenvalue weighted by molar-refractivity contribution is 0.471. The molecule has 0 saturated heterocycles. The first-order valence-electron chi connectivity index (χ1n) is 5.70. The lowest BCUT2D eigenvalue weighted by Gasteiger charge is -2.28. The molecule has 1 N–H and O–H groups in total. The number of hydrogen-bond acceptors (Lipinski definition) is 3. The summed E-state index contributed by atoms with van der Waals surface area (Å²) in [6.45, 7) is 0. The molecule has 0 bridgehead atoms. The minimum atomic E-state index is -0.414. The van der Waals surface area contributed by atoms with Gasteiger partial charge in [0.05, 0.1) is 0 Å². The molecule has 0 unspecified atom stereocenters. The van der Waals surface area contributed by atoms with Gasteiger partial charge >= 0.3 is 0 Å². The molecule has 2 rings (SSSR count). The van der Waals surface area contributed by atoms with Crippen LogP contribution in [0.2, 0.25) is 0 Å². The smallest absolute Gasteiger partial charge is 0.214 e. The van der Waals surface area contributed by atoms with Crippen molar-refractivity contribution in [3.05, 3.63) is 24.1 Å². The van der Waals surface area contributed by atoms with Crippen LogP contribution >= 0.6 is 11.8 Å². The van der Waals surface area contributed by atoms with Gasteiger partial charge in [0.25, 0.3) is 0 Å². The minimum Gasteiger partial charge on any atom is -0.367 e. The fraction of sp³-hybridized carbons (Fsp3) is 0.583. The van der Waals surface area contributed by atoms with E-state index in [0.717, 1.165) is 18.1 Å². The fourth-order valence-electron chi connectivity index (χ4n) is 2.14. The Kier molecular flexibility index (Phi) is 4.04. The molecule has 16 heavy (non-hydrogen) atoms. The molecule has 1 aliphatic rings. The van der Waals surface area contributed by atoms with Crippen LogP contribution in [-0.4, -0.2) is 22.5 Å². The molecular weight excluding hydrogens is 223 g/mol. The largest absolute Gasteiger partial charge is 0.367 e. The predicted molar refractivity (Wildman–Crippen MR) is 67.4 cm³/mol. The maximum Gasteiger partial charge on any atom is 0.214 e. The van der Waals surface area contributed by atoms with Crippen molar-refractivity contribution in [1.29, 1.82) is 0 Å². The maximum absolute atomic E-state index is 12.9. The van der Waals surface area contributed by atoms with Crippen molar-refractivity contribution in [2.45, 2.75) is 37.0 Å². The Bertz CT molecular complexity index is 338. The number of pyridine rings is 1. The summed E-state index contributed by atoms with van der Waals surface area (Å²) >= 11 is 1.95. The summed E-state index contributed by atoms with van der Waals surface area (Å²) in [5.41, 5.74) is 0. The number of thioether (sulfide) groups is 1. The highest BCUT2D eigenvalue weighted by molar-refractivity contribution is 7.99. The van der Waals surface area contributed by atoms with Gasteiger partial charge in [-0.15, -0.1) is 0 Å². The first-order chi connectivity index (χ1) is 7.78. The zero-order valence-corrected chi connectivity index (χ0v) is 10.3. The zero-order chi connectivity index (χ0) is 11.4. The van der Waals surface area contributed by atoms with Crippen LogP contribution in [0.25, 0.3) is 0 Å². The van der Waals surface area contributed by atoms with Gasteiger partial charge in [-0.05, 0) is 44.1 Å². The second-order valence-electron chi connectivity index (χ2n) is 4.20. The van der Waals surface area contributed by atoms with Crippen LogP contribution in [0, 0.1) is 5.95 Å². The molecule has 1 heterocycles. The van der Waals surface area contributed by atoms with Gasteiger partial charge < -0.3 is 5.32 Å². The van der Waals surface area contributed by atoms with Crippen LogP contribution < -0.4 is 5.32 Å². The van der Waals surface area contributed by atoms with Gasteiger partial charge in [0.2, 0.25) is 5.95 Å². The van der Waals surface area contributed by atoms with E-state index in [-0.39, 0.29) is 0 Å². The van der Waals surface area contributed by atoms with Gasteiger partial charge in [-0.1, -0.05) is 6.07 Å². The number of halogens is 1. The molecule has 1 aromatic rings. The summed E-state index contributed by atoms with van der Waals surface area (Å²) in [5, 5.41) is 4.11. The molecule has 1 aliphatic carbocycles. The average molecular weight is 240 g/mol. The molecule has 2 nitrogen and oxygen atoms in total. The Morgan fingerprint density at radius 1 is 1.31 bits per heavy atom. The van der Waals surface area contributed by atoms with Crippen LogP contribution in [0.1, 0.15) is 25.7 Å². The van der Waals surface area contributed by atoms with Crippen molar-refractivity contribution in [2.24, 2.45) is 0 Å². The summed E-state index contributed by atoms with van der Waals surface area (Å²) in [6, 6.07) is 5.34. The molecule has 1 saturated carbocycles. The van der Waals surface area contributed by atoms with E-state index < -0.39 is 5.95 Å². The van der Waals surface area contributed by atoms with Crippen LogP contribution in [0.4, 0.5) is 10.2 Å². The van der Waals surface area contributed by atoms with E-state index in [0.29, 0.717) is 11.9 Å². The molecule has 1 aromatic heterocycles. The molecule has 1 fully saturated rings. The number of nitrogens with zero attached hydrogens (tertiary/aromatic N) is 1. The maximum atomic E-state index is 12.9. The normalized spacial score (nSPS) is 25.4. The highest BCUT2D eigenvalue weighted by atomic mass is 32.2. The van der Waals surface area contributed by atoms with Gasteiger partial charge in [0, 0.05) is 11.3 Å². The van der Waals surface area contributed by atoms with E-state index in [2.05, 4.69) is 16.6 Å². The van der Waals surface area contributed by atoms with E-state index in [9.17, 15) is 4.39 Å². The SMILES string of the molecule is CSC1CCC(Nc2cccc(F)n2)CC1. The summed E-state index contributed by atoms with van der Waals surface area (Å²) in [4.78, 5) is 3.82. The molecular formula is C12H17FN2S. The van der Waals surface area contributed by atoms with Crippen molar-refractivity contribution < 1.29 is 4.39 Å². The summed E-state index contributed by atoms with van der Waals surface area (Å²) < 4.78 is 12.9. The van der Waals surface area contributed by atoms with Crippen molar-refractivity contribution in [1.82, 2.24) is 4.98 Å². The predicted octanol–water partition coefficient (Wildman–Crippen LogP) is 3.31. The lowest BCUT2D eigenvalue weighted by atomic mass is 9.95. The van der Waals surface area contributed by atoms with Gasteiger partial charge in [-0.25, -0.2) is 4.98 Å². The van der Waals surface area contributed by atoms with E-state index in [4.69, 9.17) is 0 Å². The molecule has 4 heteroatoms. The van der Waals surface area contributed by atoms with E-state index in [1.54, 1.807) is 6.07 Å². The molecule has 0 amide bonds. The Hall–Kier alpha value is -0.770. The lowest BCUT2D eigenvalue weighted by Crippen LogP contribution is -2.27. The minimum absolute atomic E-state index is 0.414. The topological polar surface area (TPSA) is 24.9 Å². The van der Waals surface area contributed by atoms with Crippen LogP contribution in [0.15, 0.2) is 18.2 Å². The highest BCUT2D eigenvalue weighted by Gasteiger charge is 2.20. The van der Waals surface area contributed by atoms with Crippen molar-refractivity contribution >= 4 is 17.6 Å². The van der Waals surface area contributed by atoms with E-state index >= 15 is 0 Å². The van der Waals surface area contributed by atoms with E-state index in [1.165, 1.54) is 18.9 Å². The second-order valence-corrected chi connectivity index (χ2v) is 5.34. The van der Waals surface area contributed by atoms with Crippen LogP contribution in [0.3, 0.4) is 0 Å². The van der Waals surface area contributed by atoms with Crippen LogP contribution in [-0.2, 0) is 0 Å². The number of rotatable bonds is 3. The van der Waals surface area contributed by atoms with Gasteiger partial charge in [-0.3, -0.25) is 0 Å². The Morgan fingerprint density at radius 2 is 2.06 bits per heavy atom. The monoisotopic (exact) mass is 240 g/mol. The first-order valence-corrected chi connectivity index (χ1v) is 6.98. The third kappa shape index (κ3) is 3.11. The quantitative estimate of drug-likeness (QED) is 0.820. The van der Waals surface area contributed by atoms with Gasteiger partial charge in [0.15, 0.2) is 0 Å².